The molecule has 35 heavy (non-hydrogen) atoms. The van der Waals surface area contributed by atoms with Crippen molar-refractivity contribution < 1.29 is 48.7 Å². The summed E-state index contributed by atoms with van der Waals surface area (Å²) >= 11 is 0. The van der Waals surface area contributed by atoms with Crippen molar-refractivity contribution >= 4 is 18.0 Å². The number of carbonyl (C=O) groups excluding carboxylic acids is 3. The summed E-state index contributed by atoms with van der Waals surface area (Å²) in [6.07, 6.45) is 0.0606. The molecule has 0 bridgehead atoms. The van der Waals surface area contributed by atoms with Crippen LogP contribution in [0, 0.1) is 0 Å². The molecule has 0 aromatic heterocycles. The standard InChI is InChI=1S/C16H23NO6.C8H8O4/c1-16(2,3)23-15(20)17-6-5-7-22-13-9-11(14(19)21-4)8-12(18)10-13;1-12-8(11)5-2-6(9)4-7(10)3-5/h8-10,18H,5-7H2,1-4H3,(H,17,20);2-4,9-10H,1H3. The van der Waals surface area contributed by atoms with Crippen molar-refractivity contribution in [2.75, 3.05) is 27.4 Å². The Hall–Kier alpha value is -4.15. The molecule has 192 valence electrons. The molecule has 2 aromatic rings. The Balaban J connectivity index is 0.000000427. The van der Waals surface area contributed by atoms with Gasteiger partial charge in [-0.2, -0.15) is 0 Å². The van der Waals surface area contributed by atoms with E-state index >= 15 is 0 Å². The van der Waals surface area contributed by atoms with E-state index in [4.69, 9.17) is 19.7 Å². The Morgan fingerprint density at radius 3 is 1.77 bits per heavy atom. The van der Waals surface area contributed by atoms with E-state index in [2.05, 4.69) is 14.8 Å². The van der Waals surface area contributed by atoms with Crippen LogP contribution in [0.2, 0.25) is 0 Å². The van der Waals surface area contributed by atoms with Gasteiger partial charge in [0.05, 0.1) is 32.0 Å². The highest BCUT2D eigenvalue weighted by Gasteiger charge is 2.15. The molecule has 0 aliphatic heterocycles. The summed E-state index contributed by atoms with van der Waals surface area (Å²) in [5.74, 6) is -1.23. The molecule has 0 atom stereocenters. The van der Waals surface area contributed by atoms with Crippen molar-refractivity contribution in [3.05, 3.63) is 47.5 Å². The summed E-state index contributed by atoms with van der Waals surface area (Å²) in [4.78, 5) is 33.7. The Labute approximate surface area is 203 Å². The molecule has 2 rings (SSSR count). The van der Waals surface area contributed by atoms with Crippen molar-refractivity contribution in [3.63, 3.8) is 0 Å². The lowest BCUT2D eigenvalue weighted by Crippen LogP contribution is -2.33. The third-order valence-corrected chi connectivity index (χ3v) is 3.89. The number of esters is 2. The molecule has 2 aromatic carbocycles. The number of phenols is 3. The van der Waals surface area contributed by atoms with Gasteiger partial charge in [0, 0.05) is 18.7 Å². The predicted molar refractivity (Wildman–Crippen MR) is 125 cm³/mol. The number of hydrogen-bond donors (Lipinski definition) is 4. The Kier molecular flexibility index (Phi) is 11.2. The second-order valence-corrected chi connectivity index (χ2v) is 8.07. The third-order valence-electron chi connectivity index (χ3n) is 3.89. The predicted octanol–water partition coefficient (Wildman–Crippen LogP) is 3.36. The van der Waals surface area contributed by atoms with Gasteiger partial charge in [0.1, 0.15) is 28.6 Å². The number of nitrogens with one attached hydrogen (secondary N) is 1. The van der Waals surface area contributed by atoms with Crippen LogP contribution in [0.1, 0.15) is 47.9 Å². The van der Waals surface area contributed by atoms with Crippen LogP contribution in [0.4, 0.5) is 4.79 Å². The van der Waals surface area contributed by atoms with Crippen LogP contribution in [-0.2, 0) is 14.2 Å². The van der Waals surface area contributed by atoms with Gasteiger partial charge in [-0.15, -0.1) is 0 Å². The number of phenolic OH excluding ortho intramolecular Hbond substituents is 3. The third kappa shape index (κ3) is 11.5. The SMILES string of the molecule is COC(=O)c1cc(O)cc(O)c1.COC(=O)c1cc(O)cc(OCCCNC(=O)OC(C)(C)C)c1. The van der Waals surface area contributed by atoms with Crippen LogP contribution in [0.25, 0.3) is 0 Å². The number of aromatic hydroxyl groups is 3. The van der Waals surface area contributed by atoms with E-state index in [0.29, 0.717) is 25.3 Å². The highest BCUT2D eigenvalue weighted by Crippen LogP contribution is 2.22. The van der Waals surface area contributed by atoms with Gasteiger partial charge >= 0.3 is 18.0 Å². The van der Waals surface area contributed by atoms with Crippen molar-refractivity contribution in [1.82, 2.24) is 5.32 Å². The quantitative estimate of drug-likeness (QED) is 0.256. The molecule has 0 fully saturated rings. The summed E-state index contributed by atoms with van der Waals surface area (Å²) in [7, 11) is 2.48. The van der Waals surface area contributed by atoms with E-state index in [-0.39, 0.29) is 28.4 Å². The lowest BCUT2D eigenvalue weighted by Gasteiger charge is -2.19. The second-order valence-electron chi connectivity index (χ2n) is 8.07. The van der Waals surface area contributed by atoms with Gasteiger partial charge in [0.25, 0.3) is 0 Å². The van der Waals surface area contributed by atoms with Crippen LogP contribution in [0.3, 0.4) is 0 Å². The lowest BCUT2D eigenvalue weighted by atomic mass is 10.2. The zero-order chi connectivity index (χ0) is 26.6. The van der Waals surface area contributed by atoms with Crippen LogP contribution < -0.4 is 10.1 Å². The summed E-state index contributed by atoms with van der Waals surface area (Å²) in [5, 5.41) is 30.1. The van der Waals surface area contributed by atoms with E-state index in [1.165, 1.54) is 44.6 Å². The minimum Gasteiger partial charge on any atom is -0.508 e. The highest BCUT2D eigenvalue weighted by molar-refractivity contribution is 5.90. The van der Waals surface area contributed by atoms with Gasteiger partial charge in [0.15, 0.2) is 0 Å². The number of benzene rings is 2. The summed E-state index contributed by atoms with van der Waals surface area (Å²) in [6, 6.07) is 7.73. The van der Waals surface area contributed by atoms with Crippen LogP contribution in [0.5, 0.6) is 23.0 Å². The average molecular weight is 494 g/mol. The molecule has 0 radical (unpaired) electrons. The maximum absolute atomic E-state index is 11.4. The molecule has 0 heterocycles. The maximum atomic E-state index is 11.4. The first-order chi connectivity index (χ1) is 16.3. The van der Waals surface area contributed by atoms with Crippen molar-refractivity contribution in [2.24, 2.45) is 0 Å². The van der Waals surface area contributed by atoms with E-state index in [0.717, 1.165) is 6.07 Å². The zero-order valence-electron chi connectivity index (χ0n) is 20.3. The largest absolute Gasteiger partial charge is 0.508 e. The molecule has 0 saturated heterocycles. The fourth-order valence-electron chi connectivity index (χ4n) is 2.50. The van der Waals surface area contributed by atoms with Crippen LogP contribution in [-0.4, -0.2) is 66.3 Å². The number of ether oxygens (including phenoxy) is 4. The van der Waals surface area contributed by atoms with Crippen LogP contribution >= 0.6 is 0 Å². The molecule has 11 nitrogen and oxygen atoms in total. The smallest absolute Gasteiger partial charge is 0.407 e. The fourth-order valence-corrected chi connectivity index (χ4v) is 2.50. The number of carbonyl (C=O) groups is 3. The summed E-state index contributed by atoms with van der Waals surface area (Å²) in [5.41, 5.74) is -0.212. The van der Waals surface area contributed by atoms with Gasteiger partial charge in [0.2, 0.25) is 0 Å². The molecule has 0 aliphatic rings. The Morgan fingerprint density at radius 1 is 0.800 bits per heavy atom. The van der Waals surface area contributed by atoms with Crippen molar-refractivity contribution in [2.45, 2.75) is 32.8 Å². The molecule has 4 N–H and O–H groups in total. The van der Waals surface area contributed by atoms with E-state index in [9.17, 15) is 19.5 Å². The normalized spacial score (nSPS) is 10.3. The monoisotopic (exact) mass is 493 g/mol. The highest BCUT2D eigenvalue weighted by atomic mass is 16.6. The number of hydrogen-bond acceptors (Lipinski definition) is 10. The first-order valence-electron chi connectivity index (χ1n) is 10.5. The van der Waals surface area contributed by atoms with Crippen LogP contribution in [0.15, 0.2) is 36.4 Å². The minimum atomic E-state index is -0.596. The number of amides is 1. The van der Waals surface area contributed by atoms with Gasteiger partial charge < -0.3 is 39.6 Å². The Morgan fingerprint density at radius 2 is 1.29 bits per heavy atom. The first-order valence-corrected chi connectivity index (χ1v) is 10.5. The molecule has 0 spiro atoms. The second kappa shape index (κ2) is 13.5. The van der Waals surface area contributed by atoms with Crippen molar-refractivity contribution in [3.8, 4) is 23.0 Å². The summed E-state index contributed by atoms with van der Waals surface area (Å²) in [6.45, 7) is 6.06. The van der Waals surface area contributed by atoms with Gasteiger partial charge in [-0.05, 0) is 51.5 Å². The molecular weight excluding hydrogens is 462 g/mol. The molecule has 1 amide bonds. The van der Waals surface area contributed by atoms with Gasteiger partial charge in [-0.1, -0.05) is 0 Å². The molecule has 0 aliphatic carbocycles. The average Bonchev–Trinajstić information content (AvgIpc) is 2.76. The number of alkyl carbamates (subject to hydrolysis) is 1. The summed E-state index contributed by atoms with van der Waals surface area (Å²) < 4.78 is 19.5. The fraction of sp³-hybridized carbons (Fsp3) is 0.375. The Bertz CT molecular complexity index is 994. The zero-order valence-corrected chi connectivity index (χ0v) is 20.3. The number of methoxy groups -OCH3 is 2. The molecule has 11 heteroatoms. The lowest BCUT2D eigenvalue weighted by molar-refractivity contribution is 0.0523. The topological polar surface area (TPSA) is 161 Å². The molecule has 0 unspecified atom stereocenters. The van der Waals surface area contributed by atoms with E-state index in [1.54, 1.807) is 20.8 Å². The molecular formula is C24H31NO10. The molecule has 0 saturated carbocycles. The number of rotatable bonds is 7. The maximum Gasteiger partial charge on any atom is 0.407 e. The van der Waals surface area contributed by atoms with E-state index in [1.807, 2.05) is 0 Å². The van der Waals surface area contributed by atoms with Gasteiger partial charge in [-0.3, -0.25) is 0 Å². The minimum absolute atomic E-state index is 0.0882. The van der Waals surface area contributed by atoms with Gasteiger partial charge in [-0.25, -0.2) is 14.4 Å². The van der Waals surface area contributed by atoms with E-state index < -0.39 is 23.6 Å². The first kappa shape index (κ1) is 28.9. The van der Waals surface area contributed by atoms with Crippen molar-refractivity contribution in [1.29, 1.82) is 0 Å².